The molecule has 0 aromatic rings. The first-order valence-electron chi connectivity index (χ1n) is 4.88. The van der Waals surface area contributed by atoms with Gasteiger partial charge < -0.3 is 10.6 Å². The second-order valence-electron chi connectivity index (χ2n) is 3.40. The number of likely N-dealkylation sites (tertiary alicyclic amines) is 1. The van der Waals surface area contributed by atoms with Crippen molar-refractivity contribution in [2.24, 2.45) is 5.73 Å². The summed E-state index contributed by atoms with van der Waals surface area (Å²) in [4.78, 5) is 2.49. The minimum Gasteiger partial charge on any atom is -0.326 e. The van der Waals surface area contributed by atoms with Gasteiger partial charge in [-0.3, -0.25) is 0 Å². The second-order valence-corrected chi connectivity index (χ2v) is 4.79. The lowest BCUT2D eigenvalue weighted by molar-refractivity contribution is 0.336. The zero-order valence-corrected chi connectivity index (χ0v) is 8.78. The van der Waals surface area contributed by atoms with Gasteiger partial charge in [0.25, 0.3) is 0 Å². The fourth-order valence-electron chi connectivity index (χ4n) is 1.60. The van der Waals surface area contributed by atoms with E-state index in [0.717, 1.165) is 6.54 Å². The van der Waals surface area contributed by atoms with Crippen molar-refractivity contribution in [3.05, 3.63) is 0 Å². The predicted molar refractivity (Wildman–Crippen MR) is 56.6 cm³/mol. The van der Waals surface area contributed by atoms with Gasteiger partial charge in [-0.05, 0) is 37.4 Å². The van der Waals surface area contributed by atoms with Crippen LogP contribution in [0.5, 0.6) is 0 Å². The first kappa shape index (κ1) is 10.4. The second kappa shape index (κ2) is 5.84. The maximum absolute atomic E-state index is 5.81. The standard InChI is InChI=1S/C9H20N2S/c1-2-12-7-3-5-11-6-4-9(10)8-11/h9H,2-8,10H2,1H3/t9-/m1/s1. The predicted octanol–water partition coefficient (Wildman–Crippen LogP) is 1.16. The Morgan fingerprint density at radius 3 is 3.00 bits per heavy atom. The SMILES string of the molecule is CCSCCCN1CC[C@@H](N)C1. The minimum atomic E-state index is 0.448. The van der Waals surface area contributed by atoms with E-state index in [0.29, 0.717) is 6.04 Å². The van der Waals surface area contributed by atoms with Gasteiger partial charge >= 0.3 is 0 Å². The molecule has 2 nitrogen and oxygen atoms in total. The molecule has 0 bridgehead atoms. The van der Waals surface area contributed by atoms with Crippen LogP contribution < -0.4 is 5.73 Å². The van der Waals surface area contributed by atoms with Crippen molar-refractivity contribution in [1.82, 2.24) is 4.90 Å². The van der Waals surface area contributed by atoms with E-state index >= 15 is 0 Å². The molecule has 3 heteroatoms. The summed E-state index contributed by atoms with van der Waals surface area (Å²) in [5, 5.41) is 0. The molecule has 1 atom stereocenters. The zero-order chi connectivity index (χ0) is 8.81. The third-order valence-electron chi connectivity index (χ3n) is 2.28. The van der Waals surface area contributed by atoms with Crippen LogP contribution in [-0.4, -0.2) is 42.1 Å². The molecular formula is C9H20N2S. The number of hydrogen-bond acceptors (Lipinski definition) is 3. The molecule has 0 amide bonds. The number of hydrogen-bond donors (Lipinski definition) is 1. The van der Waals surface area contributed by atoms with E-state index in [2.05, 4.69) is 11.8 Å². The molecule has 0 saturated carbocycles. The quantitative estimate of drug-likeness (QED) is 0.657. The molecule has 12 heavy (non-hydrogen) atoms. The molecule has 1 heterocycles. The zero-order valence-electron chi connectivity index (χ0n) is 7.96. The molecule has 0 aromatic heterocycles. The topological polar surface area (TPSA) is 29.3 Å². The lowest BCUT2D eigenvalue weighted by Crippen LogP contribution is -2.27. The summed E-state index contributed by atoms with van der Waals surface area (Å²) in [5.41, 5.74) is 5.81. The van der Waals surface area contributed by atoms with Crippen molar-refractivity contribution in [3.8, 4) is 0 Å². The number of rotatable bonds is 5. The van der Waals surface area contributed by atoms with Crippen LogP contribution >= 0.6 is 11.8 Å². The van der Waals surface area contributed by atoms with E-state index in [-0.39, 0.29) is 0 Å². The molecule has 2 N–H and O–H groups in total. The van der Waals surface area contributed by atoms with Crippen molar-refractivity contribution in [1.29, 1.82) is 0 Å². The molecule has 0 spiro atoms. The van der Waals surface area contributed by atoms with Crippen molar-refractivity contribution in [3.63, 3.8) is 0 Å². The molecule has 0 unspecified atom stereocenters. The van der Waals surface area contributed by atoms with Crippen LogP contribution in [0.4, 0.5) is 0 Å². The van der Waals surface area contributed by atoms with Gasteiger partial charge in [0.1, 0.15) is 0 Å². The van der Waals surface area contributed by atoms with Crippen LogP contribution in [0.25, 0.3) is 0 Å². The van der Waals surface area contributed by atoms with Gasteiger partial charge in [0.2, 0.25) is 0 Å². The van der Waals surface area contributed by atoms with Gasteiger partial charge in [0, 0.05) is 12.6 Å². The average molecular weight is 188 g/mol. The third-order valence-corrected chi connectivity index (χ3v) is 3.26. The molecule has 1 fully saturated rings. The smallest absolute Gasteiger partial charge is 0.0180 e. The summed E-state index contributed by atoms with van der Waals surface area (Å²) in [6.07, 6.45) is 2.52. The Hall–Kier alpha value is 0.270. The molecule has 72 valence electrons. The monoisotopic (exact) mass is 188 g/mol. The lowest BCUT2D eigenvalue weighted by Gasteiger charge is -2.14. The number of nitrogens with two attached hydrogens (primary N) is 1. The maximum atomic E-state index is 5.81. The van der Waals surface area contributed by atoms with Crippen molar-refractivity contribution >= 4 is 11.8 Å². The van der Waals surface area contributed by atoms with Gasteiger partial charge in [-0.2, -0.15) is 11.8 Å². The highest BCUT2D eigenvalue weighted by molar-refractivity contribution is 7.99. The van der Waals surface area contributed by atoms with Crippen LogP contribution in [0.1, 0.15) is 19.8 Å². The summed E-state index contributed by atoms with van der Waals surface area (Å²) in [5.74, 6) is 2.56. The van der Waals surface area contributed by atoms with Crippen LogP contribution in [0.2, 0.25) is 0 Å². The number of thioether (sulfide) groups is 1. The first-order valence-corrected chi connectivity index (χ1v) is 6.04. The highest BCUT2D eigenvalue weighted by Gasteiger charge is 2.17. The highest BCUT2D eigenvalue weighted by atomic mass is 32.2. The van der Waals surface area contributed by atoms with Gasteiger partial charge in [-0.1, -0.05) is 6.92 Å². The summed E-state index contributed by atoms with van der Waals surface area (Å²) >= 11 is 2.03. The summed E-state index contributed by atoms with van der Waals surface area (Å²) < 4.78 is 0. The van der Waals surface area contributed by atoms with Gasteiger partial charge in [0.05, 0.1) is 0 Å². The van der Waals surface area contributed by atoms with Crippen molar-refractivity contribution in [2.75, 3.05) is 31.1 Å². The number of nitrogens with zero attached hydrogens (tertiary/aromatic N) is 1. The third kappa shape index (κ3) is 3.78. The molecule has 1 saturated heterocycles. The Morgan fingerprint density at radius 1 is 1.58 bits per heavy atom. The van der Waals surface area contributed by atoms with E-state index in [1.807, 2.05) is 11.8 Å². The molecule has 0 aliphatic carbocycles. The van der Waals surface area contributed by atoms with E-state index in [1.165, 1.54) is 37.4 Å². The van der Waals surface area contributed by atoms with E-state index in [4.69, 9.17) is 5.73 Å². The van der Waals surface area contributed by atoms with E-state index in [9.17, 15) is 0 Å². The van der Waals surface area contributed by atoms with Crippen molar-refractivity contribution in [2.45, 2.75) is 25.8 Å². The van der Waals surface area contributed by atoms with Crippen LogP contribution in [0, 0.1) is 0 Å². The normalized spacial score (nSPS) is 25.0. The molecule has 1 aliphatic heterocycles. The lowest BCUT2D eigenvalue weighted by atomic mass is 10.3. The summed E-state index contributed by atoms with van der Waals surface area (Å²) in [6.45, 7) is 5.81. The van der Waals surface area contributed by atoms with E-state index < -0.39 is 0 Å². The van der Waals surface area contributed by atoms with Gasteiger partial charge in [0.15, 0.2) is 0 Å². The van der Waals surface area contributed by atoms with Crippen LogP contribution in [0.3, 0.4) is 0 Å². The summed E-state index contributed by atoms with van der Waals surface area (Å²) in [7, 11) is 0. The molecule has 0 radical (unpaired) electrons. The first-order chi connectivity index (χ1) is 5.83. The molecular weight excluding hydrogens is 168 g/mol. The Bertz CT molecular complexity index is 119. The largest absolute Gasteiger partial charge is 0.326 e. The Balaban J connectivity index is 1.93. The average Bonchev–Trinajstić information content (AvgIpc) is 2.45. The van der Waals surface area contributed by atoms with Crippen LogP contribution in [-0.2, 0) is 0 Å². The van der Waals surface area contributed by atoms with Crippen molar-refractivity contribution < 1.29 is 0 Å². The van der Waals surface area contributed by atoms with Crippen LogP contribution in [0.15, 0.2) is 0 Å². The fraction of sp³-hybridized carbons (Fsp3) is 1.00. The van der Waals surface area contributed by atoms with Gasteiger partial charge in [-0.15, -0.1) is 0 Å². The molecule has 1 aliphatic rings. The Kier molecular flexibility index (Phi) is 5.04. The fourth-order valence-corrected chi connectivity index (χ4v) is 2.22. The highest BCUT2D eigenvalue weighted by Crippen LogP contribution is 2.08. The Morgan fingerprint density at radius 2 is 2.42 bits per heavy atom. The maximum Gasteiger partial charge on any atom is 0.0180 e. The van der Waals surface area contributed by atoms with Gasteiger partial charge in [-0.25, -0.2) is 0 Å². The van der Waals surface area contributed by atoms with E-state index in [1.54, 1.807) is 0 Å². The summed E-state index contributed by atoms with van der Waals surface area (Å²) in [6, 6.07) is 0.448. The molecule has 1 rings (SSSR count). The minimum absolute atomic E-state index is 0.448. The Labute approximate surface area is 79.9 Å². The molecule has 0 aromatic carbocycles.